The Morgan fingerprint density at radius 2 is 2.18 bits per heavy atom. The van der Waals surface area contributed by atoms with E-state index in [0.29, 0.717) is 23.5 Å². The number of aliphatic carboxylic acids is 1. The lowest BCUT2D eigenvalue weighted by atomic mass is 9.78. The Bertz CT molecular complexity index is 475. The van der Waals surface area contributed by atoms with E-state index >= 15 is 0 Å². The molecule has 4 unspecified atom stereocenters. The normalized spacial score (nSPS) is 38.1. The van der Waals surface area contributed by atoms with E-state index in [1.807, 2.05) is 0 Å². The first kappa shape index (κ1) is 17.2. The minimum atomic E-state index is -0.982. The molecular weight excluding hydrogens is 280 g/mol. The van der Waals surface area contributed by atoms with Crippen LogP contribution >= 0.6 is 0 Å². The summed E-state index contributed by atoms with van der Waals surface area (Å²) < 4.78 is 0. The molecule has 0 spiro atoms. The van der Waals surface area contributed by atoms with Gasteiger partial charge in [0.15, 0.2) is 0 Å². The van der Waals surface area contributed by atoms with Crippen LogP contribution in [0, 0.1) is 17.3 Å². The highest BCUT2D eigenvalue weighted by atomic mass is 16.4. The Morgan fingerprint density at radius 3 is 2.68 bits per heavy atom. The van der Waals surface area contributed by atoms with E-state index in [0.717, 1.165) is 6.42 Å². The van der Waals surface area contributed by atoms with Crippen molar-refractivity contribution in [3.05, 3.63) is 12.2 Å². The number of hydrogen-bond donors (Lipinski definition) is 3. The molecule has 5 nitrogen and oxygen atoms in total. The van der Waals surface area contributed by atoms with Crippen molar-refractivity contribution in [2.75, 3.05) is 0 Å². The lowest BCUT2D eigenvalue weighted by molar-refractivity contribution is -0.138. The molecule has 0 bridgehead atoms. The van der Waals surface area contributed by atoms with Crippen molar-refractivity contribution >= 4 is 12.3 Å². The van der Waals surface area contributed by atoms with Gasteiger partial charge >= 0.3 is 5.97 Å². The summed E-state index contributed by atoms with van der Waals surface area (Å²) in [4.78, 5) is 21.6. The number of allylic oxidation sites excluding steroid dienone is 1. The minimum absolute atomic E-state index is 0.0156. The first-order chi connectivity index (χ1) is 10.2. The summed E-state index contributed by atoms with van der Waals surface area (Å²) in [6.07, 6.45) is 7.98. The molecule has 0 aliphatic heterocycles. The maximum absolute atomic E-state index is 10.9. The summed E-state index contributed by atoms with van der Waals surface area (Å²) in [7, 11) is 0. The average Bonchev–Trinajstić information content (AvgIpc) is 2.96. The SMILES string of the molecule is CC1CCC(C)(C)C1C=CC1(N)CC1N[C@H](C=O)CC(=O)O. The van der Waals surface area contributed by atoms with Gasteiger partial charge in [-0.15, -0.1) is 0 Å². The van der Waals surface area contributed by atoms with E-state index in [9.17, 15) is 9.59 Å². The second-order valence-corrected chi connectivity index (χ2v) is 7.77. The zero-order chi connectivity index (χ0) is 16.5. The molecule has 5 atom stereocenters. The third-order valence-corrected chi connectivity index (χ3v) is 5.39. The zero-order valence-corrected chi connectivity index (χ0v) is 13.7. The van der Waals surface area contributed by atoms with Gasteiger partial charge in [-0.1, -0.05) is 32.9 Å². The lowest BCUT2D eigenvalue weighted by Crippen LogP contribution is -2.40. The third kappa shape index (κ3) is 3.76. The molecule has 2 saturated carbocycles. The molecular formula is C17H28N2O3. The third-order valence-electron chi connectivity index (χ3n) is 5.39. The van der Waals surface area contributed by atoms with Crippen LogP contribution < -0.4 is 11.1 Å². The standard InChI is InChI=1S/C17H28N2O3/c1-11-4-6-16(2,3)13(11)5-7-17(18)9-14(17)19-12(10-20)8-15(21)22/h5,7,10-14,19H,4,6,8-9,18H2,1-3H3,(H,21,22)/t11?,12-,13?,14?,17?/m0/s1. The number of rotatable bonds is 7. The number of carbonyl (C=O) groups excluding carboxylic acids is 1. The Kier molecular flexibility index (Phi) is 4.78. The first-order valence-electron chi connectivity index (χ1n) is 8.09. The molecule has 0 amide bonds. The van der Waals surface area contributed by atoms with Gasteiger partial charge < -0.3 is 21.0 Å². The van der Waals surface area contributed by atoms with Crippen LogP contribution in [-0.4, -0.2) is 35.0 Å². The maximum Gasteiger partial charge on any atom is 0.305 e. The van der Waals surface area contributed by atoms with E-state index in [1.165, 1.54) is 12.8 Å². The van der Waals surface area contributed by atoms with Crippen LogP contribution in [0.1, 0.15) is 46.5 Å². The molecule has 0 saturated heterocycles. The monoisotopic (exact) mass is 308 g/mol. The van der Waals surface area contributed by atoms with Crippen LogP contribution in [-0.2, 0) is 9.59 Å². The van der Waals surface area contributed by atoms with Crippen LogP contribution in [0.25, 0.3) is 0 Å². The van der Waals surface area contributed by atoms with Crippen LogP contribution in [0.5, 0.6) is 0 Å². The molecule has 124 valence electrons. The number of nitrogens with one attached hydrogen (secondary N) is 1. The van der Waals surface area contributed by atoms with Crippen LogP contribution in [0.4, 0.5) is 0 Å². The molecule has 2 rings (SSSR count). The van der Waals surface area contributed by atoms with E-state index in [4.69, 9.17) is 10.8 Å². The van der Waals surface area contributed by atoms with Gasteiger partial charge in [0.2, 0.25) is 0 Å². The van der Waals surface area contributed by atoms with Gasteiger partial charge in [0.1, 0.15) is 6.29 Å². The van der Waals surface area contributed by atoms with E-state index in [2.05, 4.69) is 38.2 Å². The van der Waals surface area contributed by atoms with Crippen molar-refractivity contribution in [1.29, 1.82) is 0 Å². The molecule has 0 aromatic rings. The van der Waals surface area contributed by atoms with Gasteiger partial charge in [-0.05, 0) is 36.5 Å². The van der Waals surface area contributed by atoms with Crippen molar-refractivity contribution in [1.82, 2.24) is 5.32 Å². The van der Waals surface area contributed by atoms with E-state index < -0.39 is 17.6 Å². The molecule has 2 aliphatic rings. The van der Waals surface area contributed by atoms with E-state index in [1.54, 1.807) is 0 Å². The Labute approximate surface area is 132 Å². The predicted molar refractivity (Wildman–Crippen MR) is 85.4 cm³/mol. The predicted octanol–water partition coefficient (Wildman–Crippen LogP) is 1.72. The van der Waals surface area contributed by atoms with Gasteiger partial charge in [0, 0.05) is 6.04 Å². The fourth-order valence-corrected chi connectivity index (χ4v) is 3.73. The molecule has 22 heavy (non-hydrogen) atoms. The number of carboxylic acids is 1. The molecule has 0 aromatic carbocycles. The van der Waals surface area contributed by atoms with Gasteiger partial charge in [0.25, 0.3) is 0 Å². The number of nitrogens with two attached hydrogens (primary N) is 1. The molecule has 5 heteroatoms. The molecule has 2 aliphatic carbocycles. The van der Waals surface area contributed by atoms with Gasteiger partial charge in [-0.25, -0.2) is 0 Å². The number of hydrogen-bond acceptors (Lipinski definition) is 4. The molecule has 0 radical (unpaired) electrons. The second kappa shape index (κ2) is 6.13. The van der Waals surface area contributed by atoms with Gasteiger partial charge in [-0.3, -0.25) is 4.79 Å². The summed E-state index contributed by atoms with van der Waals surface area (Å²) in [5, 5.41) is 11.8. The van der Waals surface area contributed by atoms with Crippen molar-refractivity contribution in [2.24, 2.45) is 23.0 Å². The van der Waals surface area contributed by atoms with Crippen molar-refractivity contribution in [2.45, 2.75) is 64.1 Å². The van der Waals surface area contributed by atoms with Gasteiger partial charge in [-0.2, -0.15) is 0 Å². The number of carboxylic acid groups (broad SMARTS) is 1. The first-order valence-corrected chi connectivity index (χ1v) is 8.09. The lowest BCUT2D eigenvalue weighted by Gasteiger charge is -2.27. The Morgan fingerprint density at radius 1 is 1.50 bits per heavy atom. The highest BCUT2D eigenvalue weighted by Crippen LogP contribution is 2.48. The van der Waals surface area contributed by atoms with Crippen molar-refractivity contribution in [3.8, 4) is 0 Å². The fourth-order valence-electron chi connectivity index (χ4n) is 3.73. The summed E-state index contributed by atoms with van der Waals surface area (Å²) >= 11 is 0. The number of carbonyl (C=O) groups is 2. The molecule has 0 heterocycles. The summed E-state index contributed by atoms with van der Waals surface area (Å²) in [6.45, 7) is 6.88. The van der Waals surface area contributed by atoms with Crippen LogP contribution in [0.2, 0.25) is 0 Å². The second-order valence-electron chi connectivity index (χ2n) is 7.77. The molecule has 0 aromatic heterocycles. The molecule has 2 fully saturated rings. The number of aldehydes is 1. The zero-order valence-electron chi connectivity index (χ0n) is 13.7. The van der Waals surface area contributed by atoms with Crippen molar-refractivity contribution in [3.63, 3.8) is 0 Å². The van der Waals surface area contributed by atoms with Gasteiger partial charge in [0.05, 0.1) is 18.0 Å². The van der Waals surface area contributed by atoms with Crippen LogP contribution in [0.15, 0.2) is 12.2 Å². The Hall–Kier alpha value is -1.20. The van der Waals surface area contributed by atoms with Crippen molar-refractivity contribution < 1.29 is 14.7 Å². The van der Waals surface area contributed by atoms with E-state index in [-0.39, 0.29) is 12.5 Å². The largest absolute Gasteiger partial charge is 0.481 e. The maximum atomic E-state index is 10.9. The fraction of sp³-hybridized carbons (Fsp3) is 0.765. The van der Waals surface area contributed by atoms with Crippen LogP contribution in [0.3, 0.4) is 0 Å². The summed E-state index contributed by atoms with van der Waals surface area (Å²) in [6, 6.07) is -0.679. The summed E-state index contributed by atoms with van der Waals surface area (Å²) in [5.74, 6) is 0.203. The Balaban J connectivity index is 1.93. The highest BCUT2D eigenvalue weighted by molar-refractivity contribution is 5.73. The molecule has 4 N–H and O–H groups in total. The highest BCUT2D eigenvalue weighted by Gasteiger charge is 2.50. The quantitative estimate of drug-likeness (QED) is 0.492. The summed E-state index contributed by atoms with van der Waals surface area (Å²) in [5.41, 5.74) is 6.18. The topological polar surface area (TPSA) is 92.4 Å². The minimum Gasteiger partial charge on any atom is -0.481 e. The average molecular weight is 308 g/mol. The smallest absolute Gasteiger partial charge is 0.305 e.